The monoisotopic (exact) mass is 364 g/mol. The van der Waals surface area contributed by atoms with Gasteiger partial charge in [0.1, 0.15) is 5.41 Å². The average Bonchev–Trinajstić information content (AvgIpc) is 2.65. The van der Waals surface area contributed by atoms with Crippen LogP contribution in [-0.2, 0) is 22.8 Å². The summed E-state index contributed by atoms with van der Waals surface area (Å²) in [6.45, 7) is -2.34. The molecule has 6 N–H and O–H groups in total. The number of carboxylic acids is 2. The molecular weight excluding hydrogens is 344 g/mol. The molecule has 8 heteroatoms. The molecule has 1 aliphatic rings. The number of hydrogen-bond donors (Lipinski definition) is 6. The van der Waals surface area contributed by atoms with Crippen molar-refractivity contribution in [3.63, 3.8) is 0 Å². The molecule has 1 aromatic rings. The first-order valence-electron chi connectivity index (χ1n) is 7.80. The maximum Gasteiger partial charge on any atom is 0.317 e. The maximum atomic E-state index is 12.1. The molecule has 0 heterocycles. The fraction of sp³-hybridized carbons (Fsp3) is 0.333. The Labute approximate surface area is 149 Å². The Morgan fingerprint density at radius 1 is 1.00 bits per heavy atom. The van der Waals surface area contributed by atoms with Crippen LogP contribution in [0.3, 0.4) is 0 Å². The summed E-state index contributed by atoms with van der Waals surface area (Å²) in [7, 11) is 0. The quantitative estimate of drug-likeness (QED) is 0.387. The molecule has 140 valence electrons. The zero-order chi connectivity index (χ0) is 19.5. The molecule has 0 saturated heterocycles. The highest BCUT2D eigenvalue weighted by Gasteiger charge is 2.53. The van der Waals surface area contributed by atoms with Gasteiger partial charge in [-0.3, -0.25) is 9.59 Å². The van der Waals surface area contributed by atoms with Gasteiger partial charge in [0.2, 0.25) is 0 Å². The highest BCUT2D eigenvalue weighted by atomic mass is 16.4. The van der Waals surface area contributed by atoms with Gasteiger partial charge in [-0.05, 0) is 33.9 Å². The molecule has 0 saturated carbocycles. The van der Waals surface area contributed by atoms with Crippen LogP contribution in [0.1, 0.15) is 16.7 Å². The predicted molar refractivity (Wildman–Crippen MR) is 89.7 cm³/mol. The van der Waals surface area contributed by atoms with E-state index in [0.29, 0.717) is 11.1 Å². The minimum Gasteiger partial charge on any atom is -0.481 e. The third-order valence-corrected chi connectivity index (χ3v) is 4.62. The van der Waals surface area contributed by atoms with Crippen molar-refractivity contribution in [3.05, 3.63) is 52.6 Å². The van der Waals surface area contributed by atoms with E-state index in [4.69, 9.17) is 0 Å². The molecule has 1 aliphatic carbocycles. The van der Waals surface area contributed by atoms with Crippen LogP contribution in [0.15, 0.2) is 35.9 Å². The molecule has 0 radical (unpaired) electrons. The summed E-state index contributed by atoms with van der Waals surface area (Å²) in [6.07, 6.45) is 2.41. The number of hydrogen-bond acceptors (Lipinski definition) is 6. The van der Waals surface area contributed by atoms with E-state index in [9.17, 15) is 40.2 Å². The molecule has 0 fully saturated rings. The van der Waals surface area contributed by atoms with Crippen molar-refractivity contribution in [3.8, 4) is 0 Å². The first-order chi connectivity index (χ1) is 12.3. The molecule has 1 aromatic carbocycles. The summed E-state index contributed by atoms with van der Waals surface area (Å²) >= 11 is 0. The normalized spacial score (nSPS) is 22.5. The third kappa shape index (κ3) is 3.15. The fourth-order valence-corrected chi connectivity index (χ4v) is 3.19. The first kappa shape index (κ1) is 19.8. The van der Waals surface area contributed by atoms with Crippen LogP contribution >= 0.6 is 0 Å². The van der Waals surface area contributed by atoms with Crippen LogP contribution in [-0.4, -0.2) is 55.8 Å². The van der Waals surface area contributed by atoms with Gasteiger partial charge in [0.15, 0.2) is 0 Å². The Morgan fingerprint density at radius 2 is 1.69 bits per heavy atom. The van der Waals surface area contributed by atoms with Crippen LogP contribution in [0.4, 0.5) is 0 Å². The average molecular weight is 364 g/mol. The van der Waals surface area contributed by atoms with Gasteiger partial charge < -0.3 is 30.6 Å². The summed E-state index contributed by atoms with van der Waals surface area (Å²) in [5.41, 5.74) is -1.16. The zero-order valence-electron chi connectivity index (χ0n) is 13.8. The van der Waals surface area contributed by atoms with Crippen LogP contribution in [0, 0.1) is 11.3 Å². The Hall–Kier alpha value is -2.52. The van der Waals surface area contributed by atoms with Gasteiger partial charge >= 0.3 is 11.9 Å². The Kier molecular flexibility index (Phi) is 5.94. The van der Waals surface area contributed by atoms with Gasteiger partial charge in [-0.25, -0.2) is 0 Å². The minimum atomic E-state index is -2.21. The van der Waals surface area contributed by atoms with Crippen molar-refractivity contribution in [1.29, 1.82) is 0 Å². The molecule has 0 amide bonds. The van der Waals surface area contributed by atoms with Crippen molar-refractivity contribution in [2.45, 2.75) is 13.2 Å². The van der Waals surface area contributed by atoms with Gasteiger partial charge in [-0.1, -0.05) is 24.3 Å². The van der Waals surface area contributed by atoms with E-state index in [2.05, 4.69) is 0 Å². The minimum absolute atomic E-state index is 0.0502. The Morgan fingerprint density at radius 3 is 2.15 bits per heavy atom. The second-order valence-electron chi connectivity index (χ2n) is 6.02. The molecule has 0 spiro atoms. The molecule has 0 aliphatic heterocycles. The molecular formula is C18H20O8. The number of carbonyl (C=O) groups is 2. The smallest absolute Gasteiger partial charge is 0.317 e. The second kappa shape index (κ2) is 7.79. The number of benzene rings is 1. The first-order valence-corrected chi connectivity index (χ1v) is 7.80. The molecule has 2 atom stereocenters. The summed E-state index contributed by atoms with van der Waals surface area (Å²) in [4.78, 5) is 23.8. The second-order valence-corrected chi connectivity index (χ2v) is 6.02. The third-order valence-electron chi connectivity index (χ3n) is 4.62. The number of aliphatic hydroxyl groups excluding tert-OH is 4. The largest absolute Gasteiger partial charge is 0.481 e. The lowest BCUT2D eigenvalue weighted by Crippen LogP contribution is -2.47. The topological polar surface area (TPSA) is 156 Å². The van der Waals surface area contributed by atoms with Crippen molar-refractivity contribution >= 4 is 17.5 Å². The van der Waals surface area contributed by atoms with Crippen LogP contribution in [0.2, 0.25) is 0 Å². The van der Waals surface area contributed by atoms with E-state index >= 15 is 0 Å². The highest BCUT2D eigenvalue weighted by Crippen LogP contribution is 2.47. The Bertz CT molecular complexity index is 779. The van der Waals surface area contributed by atoms with Crippen molar-refractivity contribution < 1.29 is 40.2 Å². The standard InChI is InChI=1S/C18H20O8/c19-6-10-1-2-12(8-21)13(3-10)14-4-11(7-20)5-15(16(23)24)18(14,9-22)17(25)26/h1-5,15,19-22H,6-9H2,(H,23,24)(H,25,26). The molecule has 2 unspecified atom stereocenters. The number of aliphatic carboxylic acids is 2. The van der Waals surface area contributed by atoms with E-state index < -0.39 is 43.1 Å². The summed E-state index contributed by atoms with van der Waals surface area (Å²) in [6, 6.07) is 4.46. The zero-order valence-corrected chi connectivity index (χ0v) is 13.8. The molecule has 8 nitrogen and oxygen atoms in total. The van der Waals surface area contributed by atoms with Gasteiger partial charge in [-0.2, -0.15) is 0 Å². The van der Waals surface area contributed by atoms with Gasteiger partial charge in [0.25, 0.3) is 0 Å². The summed E-state index contributed by atoms with van der Waals surface area (Å²) in [5, 5.41) is 57.7. The van der Waals surface area contributed by atoms with E-state index in [1.54, 1.807) is 0 Å². The lowest BCUT2D eigenvalue weighted by Gasteiger charge is -2.38. The van der Waals surface area contributed by atoms with Gasteiger partial charge in [-0.15, -0.1) is 0 Å². The van der Waals surface area contributed by atoms with Gasteiger partial charge in [0.05, 0.1) is 32.3 Å². The summed E-state index contributed by atoms with van der Waals surface area (Å²) in [5.74, 6) is -4.65. The van der Waals surface area contributed by atoms with Crippen molar-refractivity contribution in [1.82, 2.24) is 0 Å². The molecule has 2 rings (SSSR count). The SMILES string of the molecule is O=C(O)C1C=C(CO)C=C(c2cc(CO)ccc2CO)C1(CO)C(=O)O. The number of aliphatic hydroxyl groups is 4. The molecule has 0 bridgehead atoms. The molecule has 0 aromatic heterocycles. The van der Waals surface area contributed by atoms with Crippen LogP contribution in [0.25, 0.3) is 5.57 Å². The molecule has 26 heavy (non-hydrogen) atoms. The number of rotatable bonds is 7. The van der Waals surface area contributed by atoms with E-state index in [1.165, 1.54) is 24.3 Å². The maximum absolute atomic E-state index is 12.1. The fourth-order valence-electron chi connectivity index (χ4n) is 3.19. The highest BCUT2D eigenvalue weighted by molar-refractivity contribution is 6.00. The van der Waals surface area contributed by atoms with Crippen molar-refractivity contribution in [2.75, 3.05) is 13.2 Å². The van der Waals surface area contributed by atoms with Crippen molar-refractivity contribution in [2.24, 2.45) is 11.3 Å². The van der Waals surface area contributed by atoms with E-state index in [1.807, 2.05) is 0 Å². The van der Waals surface area contributed by atoms with Gasteiger partial charge in [0, 0.05) is 0 Å². The van der Waals surface area contributed by atoms with E-state index in [0.717, 1.165) is 6.08 Å². The lowest BCUT2D eigenvalue weighted by molar-refractivity contribution is -0.158. The lowest BCUT2D eigenvalue weighted by atomic mass is 9.64. The Balaban J connectivity index is 2.85. The number of carboxylic acid groups (broad SMARTS) is 2. The van der Waals surface area contributed by atoms with Crippen LogP contribution < -0.4 is 0 Å². The van der Waals surface area contributed by atoms with E-state index in [-0.39, 0.29) is 23.3 Å². The summed E-state index contributed by atoms with van der Waals surface area (Å²) < 4.78 is 0. The van der Waals surface area contributed by atoms with Crippen LogP contribution in [0.5, 0.6) is 0 Å². The predicted octanol–water partition coefficient (Wildman–Crippen LogP) is -0.249.